The number of amides is 1. The number of fused-ring (bicyclic) bond motifs is 1. The first-order valence-corrected chi connectivity index (χ1v) is 8.65. The number of nitrogens with zero attached hydrogens (tertiary/aromatic N) is 5. The molecule has 1 aliphatic rings. The normalized spacial score (nSPS) is 17.8. The van der Waals surface area contributed by atoms with Crippen LogP contribution in [0.4, 0.5) is 0 Å². The third kappa shape index (κ3) is 3.35. The molecule has 1 atom stereocenters. The van der Waals surface area contributed by atoms with Crippen LogP contribution in [-0.2, 0) is 17.6 Å². The molecule has 1 fully saturated rings. The van der Waals surface area contributed by atoms with Crippen LogP contribution in [0.2, 0.25) is 0 Å². The third-order valence-electron chi connectivity index (χ3n) is 4.83. The highest BCUT2D eigenvalue weighted by atomic mass is 16.2. The van der Waals surface area contributed by atoms with Gasteiger partial charge in [0.2, 0.25) is 5.91 Å². The molecular formula is C18H20N6O. The number of aromatic amines is 1. The van der Waals surface area contributed by atoms with Crippen LogP contribution in [0.3, 0.4) is 0 Å². The molecule has 0 spiro atoms. The lowest BCUT2D eigenvalue weighted by Gasteiger charge is -2.35. The Hall–Kier alpha value is -2.83. The van der Waals surface area contributed by atoms with Crippen molar-refractivity contribution in [2.24, 2.45) is 0 Å². The van der Waals surface area contributed by atoms with Crippen molar-refractivity contribution in [2.45, 2.75) is 38.1 Å². The van der Waals surface area contributed by atoms with E-state index in [4.69, 9.17) is 0 Å². The number of likely N-dealkylation sites (tertiary alicyclic amines) is 1. The van der Waals surface area contributed by atoms with Gasteiger partial charge in [0.1, 0.15) is 0 Å². The number of H-pyrrole nitrogens is 1. The SMILES string of the molecule is O=C(Cc1cccc2ncccc12)N1CCCCC1Cc1nn[nH]n1. The van der Waals surface area contributed by atoms with Gasteiger partial charge in [-0.1, -0.05) is 23.4 Å². The van der Waals surface area contributed by atoms with Crippen molar-refractivity contribution in [3.05, 3.63) is 47.9 Å². The van der Waals surface area contributed by atoms with E-state index in [0.29, 0.717) is 18.7 Å². The molecule has 0 bridgehead atoms. The van der Waals surface area contributed by atoms with E-state index in [0.717, 1.165) is 42.3 Å². The molecule has 7 heteroatoms. The number of hydrogen-bond acceptors (Lipinski definition) is 5. The lowest BCUT2D eigenvalue weighted by molar-refractivity contribution is -0.134. The van der Waals surface area contributed by atoms with Crippen LogP contribution in [-0.4, -0.2) is 49.0 Å². The average molecular weight is 336 g/mol. The van der Waals surface area contributed by atoms with Crippen LogP contribution in [0.5, 0.6) is 0 Å². The Balaban J connectivity index is 1.54. The Labute approximate surface area is 145 Å². The standard InChI is InChI=1S/C18H20N6O/c25-18(11-13-5-3-8-16-15(13)7-4-9-19-16)24-10-2-1-6-14(24)12-17-20-22-23-21-17/h3-5,7-9,14H,1-2,6,10-12H2,(H,20,21,22,23). The summed E-state index contributed by atoms with van der Waals surface area (Å²) in [6.07, 6.45) is 5.98. The summed E-state index contributed by atoms with van der Waals surface area (Å²) < 4.78 is 0. The molecule has 0 aliphatic carbocycles. The van der Waals surface area contributed by atoms with Gasteiger partial charge in [-0.25, -0.2) is 0 Å². The van der Waals surface area contributed by atoms with Gasteiger partial charge in [0.05, 0.1) is 11.9 Å². The van der Waals surface area contributed by atoms with Gasteiger partial charge in [-0.3, -0.25) is 9.78 Å². The third-order valence-corrected chi connectivity index (χ3v) is 4.83. The Morgan fingerprint density at radius 3 is 3.08 bits per heavy atom. The number of tetrazole rings is 1. The number of piperidine rings is 1. The molecule has 3 heterocycles. The minimum absolute atomic E-state index is 0.145. The molecule has 2 aromatic heterocycles. The molecule has 1 unspecified atom stereocenters. The number of carbonyl (C=O) groups is 1. The first-order valence-electron chi connectivity index (χ1n) is 8.65. The molecule has 0 radical (unpaired) electrons. The Kier molecular flexibility index (Phi) is 4.37. The molecule has 7 nitrogen and oxygen atoms in total. The quantitative estimate of drug-likeness (QED) is 0.786. The molecule has 3 aromatic rings. The fraction of sp³-hybridized carbons (Fsp3) is 0.389. The van der Waals surface area contributed by atoms with Gasteiger partial charge in [0.25, 0.3) is 0 Å². The molecular weight excluding hydrogens is 316 g/mol. The topological polar surface area (TPSA) is 87.7 Å². The second-order valence-corrected chi connectivity index (χ2v) is 6.43. The molecule has 1 N–H and O–H groups in total. The number of hydrogen-bond donors (Lipinski definition) is 1. The summed E-state index contributed by atoms with van der Waals surface area (Å²) in [5.74, 6) is 0.823. The van der Waals surface area contributed by atoms with Crippen molar-refractivity contribution in [3.8, 4) is 0 Å². The predicted octanol–water partition coefficient (Wildman–Crippen LogP) is 1.91. The largest absolute Gasteiger partial charge is 0.339 e. The molecule has 4 rings (SSSR count). The monoisotopic (exact) mass is 336 g/mol. The van der Waals surface area contributed by atoms with Crippen molar-refractivity contribution < 1.29 is 4.79 Å². The number of nitrogens with one attached hydrogen (secondary N) is 1. The van der Waals surface area contributed by atoms with Gasteiger partial charge in [-0.05, 0) is 37.0 Å². The maximum Gasteiger partial charge on any atom is 0.227 e. The van der Waals surface area contributed by atoms with Crippen molar-refractivity contribution in [3.63, 3.8) is 0 Å². The maximum atomic E-state index is 13.0. The number of pyridine rings is 1. The van der Waals surface area contributed by atoms with Gasteiger partial charge >= 0.3 is 0 Å². The van der Waals surface area contributed by atoms with Crippen LogP contribution in [0.25, 0.3) is 10.9 Å². The first-order chi connectivity index (χ1) is 12.3. The van der Waals surface area contributed by atoms with E-state index in [2.05, 4.69) is 25.6 Å². The van der Waals surface area contributed by atoms with Crippen LogP contribution in [0, 0.1) is 0 Å². The summed E-state index contributed by atoms with van der Waals surface area (Å²) in [5, 5.41) is 15.2. The molecule has 1 aromatic carbocycles. The number of benzene rings is 1. The van der Waals surface area contributed by atoms with E-state index >= 15 is 0 Å². The lowest BCUT2D eigenvalue weighted by Crippen LogP contribution is -2.45. The number of rotatable bonds is 4. The second-order valence-electron chi connectivity index (χ2n) is 6.43. The Morgan fingerprint density at radius 1 is 1.24 bits per heavy atom. The first kappa shape index (κ1) is 15.7. The summed E-state index contributed by atoms with van der Waals surface area (Å²) in [6.45, 7) is 0.796. The lowest BCUT2D eigenvalue weighted by atomic mass is 9.97. The zero-order valence-corrected chi connectivity index (χ0v) is 13.9. The zero-order chi connectivity index (χ0) is 17.1. The maximum absolute atomic E-state index is 13.0. The molecule has 1 aliphatic heterocycles. The second kappa shape index (κ2) is 6.96. The van der Waals surface area contributed by atoms with E-state index < -0.39 is 0 Å². The van der Waals surface area contributed by atoms with Crippen LogP contribution in [0.1, 0.15) is 30.7 Å². The zero-order valence-electron chi connectivity index (χ0n) is 13.9. The Bertz CT molecular complexity index is 858. The van der Waals surface area contributed by atoms with Gasteiger partial charge in [-0.2, -0.15) is 5.21 Å². The van der Waals surface area contributed by atoms with Gasteiger partial charge < -0.3 is 4.90 Å². The molecule has 25 heavy (non-hydrogen) atoms. The summed E-state index contributed by atoms with van der Waals surface area (Å²) >= 11 is 0. The average Bonchev–Trinajstić information content (AvgIpc) is 3.15. The fourth-order valence-electron chi connectivity index (χ4n) is 3.61. The van der Waals surface area contributed by atoms with E-state index in [9.17, 15) is 4.79 Å². The van der Waals surface area contributed by atoms with Crippen molar-refractivity contribution in [1.82, 2.24) is 30.5 Å². The number of carbonyl (C=O) groups excluding carboxylic acids is 1. The van der Waals surface area contributed by atoms with E-state index in [1.54, 1.807) is 6.20 Å². The summed E-state index contributed by atoms with van der Waals surface area (Å²) in [5.41, 5.74) is 1.95. The molecule has 1 amide bonds. The van der Waals surface area contributed by atoms with Crippen LogP contribution >= 0.6 is 0 Å². The Morgan fingerprint density at radius 2 is 2.20 bits per heavy atom. The minimum atomic E-state index is 0.145. The van der Waals surface area contributed by atoms with Gasteiger partial charge in [-0.15, -0.1) is 10.2 Å². The van der Waals surface area contributed by atoms with Crippen LogP contribution < -0.4 is 0 Å². The van der Waals surface area contributed by atoms with Crippen molar-refractivity contribution >= 4 is 16.8 Å². The fourth-order valence-corrected chi connectivity index (χ4v) is 3.61. The van der Waals surface area contributed by atoms with Crippen molar-refractivity contribution in [1.29, 1.82) is 0 Å². The summed E-state index contributed by atoms with van der Waals surface area (Å²) in [7, 11) is 0. The van der Waals surface area contributed by atoms with Crippen molar-refractivity contribution in [2.75, 3.05) is 6.54 Å². The highest BCUT2D eigenvalue weighted by molar-refractivity contribution is 5.88. The van der Waals surface area contributed by atoms with Gasteiger partial charge in [0.15, 0.2) is 5.82 Å². The molecule has 0 saturated carbocycles. The van der Waals surface area contributed by atoms with E-state index in [-0.39, 0.29) is 11.9 Å². The highest BCUT2D eigenvalue weighted by Crippen LogP contribution is 2.23. The highest BCUT2D eigenvalue weighted by Gasteiger charge is 2.28. The molecule has 128 valence electrons. The van der Waals surface area contributed by atoms with E-state index in [1.165, 1.54) is 0 Å². The smallest absolute Gasteiger partial charge is 0.227 e. The van der Waals surface area contributed by atoms with Crippen LogP contribution in [0.15, 0.2) is 36.5 Å². The summed E-state index contributed by atoms with van der Waals surface area (Å²) in [6, 6.07) is 10.0. The minimum Gasteiger partial charge on any atom is -0.339 e. The number of aromatic nitrogens is 5. The van der Waals surface area contributed by atoms with Gasteiger partial charge in [0, 0.05) is 30.6 Å². The predicted molar refractivity (Wildman–Crippen MR) is 92.7 cm³/mol. The van der Waals surface area contributed by atoms with E-state index in [1.807, 2.05) is 35.2 Å². The summed E-state index contributed by atoms with van der Waals surface area (Å²) in [4.78, 5) is 19.4. The molecule has 1 saturated heterocycles.